The third-order valence-corrected chi connectivity index (χ3v) is 2.18. The van der Waals surface area contributed by atoms with E-state index in [4.69, 9.17) is 0 Å². The van der Waals surface area contributed by atoms with E-state index in [1.807, 2.05) is 0 Å². The first-order valence-corrected chi connectivity index (χ1v) is 4.16. The first-order valence-electron chi connectivity index (χ1n) is 4.16. The van der Waals surface area contributed by atoms with Gasteiger partial charge in [0.15, 0.2) is 0 Å². The second kappa shape index (κ2) is 3.19. The molecule has 2 nitrogen and oxygen atoms in total. The molecule has 1 aromatic heterocycles. The van der Waals surface area contributed by atoms with Crippen LogP contribution in [0.4, 0.5) is 4.39 Å². The Morgan fingerprint density at radius 1 is 1.58 bits per heavy atom. The summed E-state index contributed by atoms with van der Waals surface area (Å²) >= 11 is 0. The van der Waals surface area contributed by atoms with Crippen molar-refractivity contribution in [3.8, 4) is 0 Å². The van der Waals surface area contributed by atoms with E-state index in [2.05, 4.69) is 10.3 Å². The van der Waals surface area contributed by atoms with Crippen LogP contribution in [0.2, 0.25) is 0 Å². The molecule has 0 aromatic carbocycles. The molecule has 1 saturated heterocycles. The van der Waals surface area contributed by atoms with Crippen molar-refractivity contribution >= 4 is 0 Å². The summed E-state index contributed by atoms with van der Waals surface area (Å²) in [6.45, 7) is 1.99. The number of halogens is 1. The molecule has 0 radical (unpaired) electrons. The van der Waals surface area contributed by atoms with Gasteiger partial charge in [0.1, 0.15) is 5.82 Å². The van der Waals surface area contributed by atoms with Crippen molar-refractivity contribution in [2.24, 2.45) is 5.92 Å². The van der Waals surface area contributed by atoms with Gasteiger partial charge in [-0.2, -0.15) is 0 Å². The predicted octanol–water partition coefficient (Wildman–Crippen LogP) is 0.983. The highest BCUT2D eigenvalue weighted by Gasteiger charge is 2.18. The Hall–Kier alpha value is -0.960. The number of nitrogens with zero attached hydrogens (tertiary/aromatic N) is 1. The molecule has 0 bridgehead atoms. The second-order valence-corrected chi connectivity index (χ2v) is 3.16. The van der Waals surface area contributed by atoms with Crippen molar-refractivity contribution in [1.82, 2.24) is 10.3 Å². The third-order valence-electron chi connectivity index (χ3n) is 2.18. The number of pyridine rings is 1. The standard InChI is InChI=1S/C9H11FN2/c10-8-2-1-3-12-9(8)4-7-5-11-6-7/h1-3,7,11H,4-6H2. The Morgan fingerprint density at radius 3 is 3.00 bits per heavy atom. The van der Waals surface area contributed by atoms with Crippen LogP contribution in [-0.2, 0) is 6.42 Å². The maximum Gasteiger partial charge on any atom is 0.144 e. The van der Waals surface area contributed by atoms with Crippen LogP contribution in [-0.4, -0.2) is 18.1 Å². The van der Waals surface area contributed by atoms with E-state index >= 15 is 0 Å². The molecule has 1 fully saturated rings. The van der Waals surface area contributed by atoms with E-state index in [1.165, 1.54) is 6.07 Å². The molecule has 2 rings (SSSR count). The molecule has 12 heavy (non-hydrogen) atoms. The van der Waals surface area contributed by atoms with Crippen LogP contribution in [0.5, 0.6) is 0 Å². The first kappa shape index (κ1) is 7.68. The van der Waals surface area contributed by atoms with Crippen molar-refractivity contribution in [1.29, 1.82) is 0 Å². The van der Waals surface area contributed by atoms with E-state index in [1.54, 1.807) is 12.3 Å². The highest BCUT2D eigenvalue weighted by Crippen LogP contribution is 2.12. The van der Waals surface area contributed by atoms with E-state index in [0.29, 0.717) is 11.6 Å². The van der Waals surface area contributed by atoms with Crippen LogP contribution in [0, 0.1) is 11.7 Å². The number of hydrogen-bond acceptors (Lipinski definition) is 2. The van der Waals surface area contributed by atoms with Gasteiger partial charge in [-0.1, -0.05) is 0 Å². The Labute approximate surface area is 70.8 Å². The number of nitrogens with one attached hydrogen (secondary N) is 1. The first-order chi connectivity index (χ1) is 5.86. The average Bonchev–Trinajstić information content (AvgIpc) is 2.00. The van der Waals surface area contributed by atoms with Crippen LogP contribution in [0.25, 0.3) is 0 Å². The summed E-state index contributed by atoms with van der Waals surface area (Å²) < 4.78 is 13.0. The molecule has 0 saturated carbocycles. The molecule has 64 valence electrons. The van der Waals surface area contributed by atoms with Gasteiger partial charge in [-0.25, -0.2) is 4.39 Å². The van der Waals surface area contributed by atoms with E-state index in [9.17, 15) is 4.39 Å². The van der Waals surface area contributed by atoms with Gasteiger partial charge in [0.2, 0.25) is 0 Å². The molecule has 3 heteroatoms. The zero-order chi connectivity index (χ0) is 8.39. The van der Waals surface area contributed by atoms with Crippen LogP contribution in [0.3, 0.4) is 0 Å². The number of hydrogen-bond donors (Lipinski definition) is 1. The molecule has 0 spiro atoms. The van der Waals surface area contributed by atoms with Crippen molar-refractivity contribution in [3.05, 3.63) is 29.8 Å². The second-order valence-electron chi connectivity index (χ2n) is 3.16. The van der Waals surface area contributed by atoms with Gasteiger partial charge in [0.05, 0.1) is 5.69 Å². The van der Waals surface area contributed by atoms with E-state index in [0.717, 1.165) is 19.5 Å². The molecule has 0 aliphatic carbocycles. The van der Waals surface area contributed by atoms with Gasteiger partial charge in [0, 0.05) is 6.20 Å². The maximum absolute atomic E-state index is 13.0. The van der Waals surface area contributed by atoms with E-state index < -0.39 is 0 Å². The van der Waals surface area contributed by atoms with Crippen molar-refractivity contribution < 1.29 is 4.39 Å². The number of aromatic nitrogens is 1. The van der Waals surface area contributed by atoms with Gasteiger partial charge in [-0.15, -0.1) is 0 Å². The van der Waals surface area contributed by atoms with Crippen LogP contribution in [0.1, 0.15) is 5.69 Å². The molecule has 0 amide bonds. The Kier molecular flexibility index (Phi) is 2.04. The lowest BCUT2D eigenvalue weighted by molar-refractivity contribution is 0.339. The van der Waals surface area contributed by atoms with Crippen molar-refractivity contribution in [2.45, 2.75) is 6.42 Å². The molecule has 1 aliphatic rings. The Morgan fingerprint density at radius 2 is 2.42 bits per heavy atom. The lowest BCUT2D eigenvalue weighted by Crippen LogP contribution is -2.43. The predicted molar refractivity (Wildman–Crippen MR) is 44.3 cm³/mol. The quantitative estimate of drug-likeness (QED) is 0.708. The maximum atomic E-state index is 13.0. The molecule has 1 aromatic rings. The largest absolute Gasteiger partial charge is 0.316 e. The lowest BCUT2D eigenvalue weighted by Gasteiger charge is -2.26. The van der Waals surface area contributed by atoms with Gasteiger partial charge in [-0.05, 0) is 37.6 Å². The summed E-state index contributed by atoms with van der Waals surface area (Å²) in [5.74, 6) is 0.402. The smallest absolute Gasteiger partial charge is 0.144 e. The summed E-state index contributed by atoms with van der Waals surface area (Å²) in [6, 6.07) is 3.09. The van der Waals surface area contributed by atoms with Gasteiger partial charge < -0.3 is 5.32 Å². The summed E-state index contributed by atoms with van der Waals surface area (Å²) in [5, 5.41) is 3.15. The van der Waals surface area contributed by atoms with Crippen LogP contribution >= 0.6 is 0 Å². The van der Waals surface area contributed by atoms with Crippen LogP contribution in [0.15, 0.2) is 18.3 Å². The summed E-state index contributed by atoms with van der Waals surface area (Å²) in [5.41, 5.74) is 0.601. The van der Waals surface area contributed by atoms with Crippen LogP contribution < -0.4 is 5.32 Å². The zero-order valence-corrected chi connectivity index (χ0v) is 6.76. The molecule has 1 N–H and O–H groups in total. The van der Waals surface area contributed by atoms with Crippen molar-refractivity contribution in [2.75, 3.05) is 13.1 Å². The monoisotopic (exact) mass is 166 g/mol. The SMILES string of the molecule is Fc1cccnc1CC1CNC1. The Balaban J connectivity index is 2.06. The lowest BCUT2D eigenvalue weighted by atomic mass is 9.97. The summed E-state index contributed by atoms with van der Waals surface area (Å²) in [7, 11) is 0. The fraction of sp³-hybridized carbons (Fsp3) is 0.444. The zero-order valence-electron chi connectivity index (χ0n) is 6.76. The minimum Gasteiger partial charge on any atom is -0.316 e. The Bertz CT molecular complexity index is 271. The molecule has 0 unspecified atom stereocenters. The van der Waals surface area contributed by atoms with E-state index in [-0.39, 0.29) is 5.82 Å². The topological polar surface area (TPSA) is 24.9 Å². The van der Waals surface area contributed by atoms with Gasteiger partial charge in [-0.3, -0.25) is 4.98 Å². The molecule has 1 aliphatic heterocycles. The highest BCUT2D eigenvalue weighted by atomic mass is 19.1. The minimum absolute atomic E-state index is 0.176. The fourth-order valence-corrected chi connectivity index (χ4v) is 1.33. The fourth-order valence-electron chi connectivity index (χ4n) is 1.33. The summed E-state index contributed by atoms with van der Waals surface area (Å²) in [4.78, 5) is 4.00. The van der Waals surface area contributed by atoms with Gasteiger partial charge >= 0.3 is 0 Å². The normalized spacial score (nSPS) is 17.4. The highest BCUT2D eigenvalue weighted by molar-refractivity contribution is 5.08. The van der Waals surface area contributed by atoms with Gasteiger partial charge in [0.25, 0.3) is 0 Å². The molecule has 2 heterocycles. The van der Waals surface area contributed by atoms with Crippen molar-refractivity contribution in [3.63, 3.8) is 0 Å². The summed E-state index contributed by atoms with van der Waals surface area (Å²) in [6.07, 6.45) is 2.41. The number of rotatable bonds is 2. The molecular weight excluding hydrogens is 155 g/mol. The minimum atomic E-state index is -0.176. The molecular formula is C9H11FN2. The average molecular weight is 166 g/mol. The third kappa shape index (κ3) is 1.46. The molecule has 0 atom stereocenters.